The van der Waals surface area contributed by atoms with Crippen molar-refractivity contribution in [3.63, 3.8) is 0 Å². The second-order valence-corrected chi connectivity index (χ2v) is 7.49. The van der Waals surface area contributed by atoms with Crippen molar-refractivity contribution in [2.45, 2.75) is 32.4 Å². The molecule has 158 valence electrons. The fraction of sp³-hybridized carbons (Fsp3) is 0.409. The molecule has 0 radical (unpaired) electrons. The van der Waals surface area contributed by atoms with Crippen LogP contribution in [0.5, 0.6) is 11.5 Å². The Bertz CT molecular complexity index is 767. The Labute approximate surface area is 180 Å². The minimum absolute atomic E-state index is 0.0448. The number of rotatable bonds is 12. The van der Waals surface area contributed by atoms with Crippen LogP contribution in [0.15, 0.2) is 46.9 Å². The number of hydrogen-bond donors (Lipinski definition) is 3. The van der Waals surface area contributed by atoms with Gasteiger partial charge in [-0.05, 0) is 36.1 Å². The van der Waals surface area contributed by atoms with Crippen LogP contribution in [-0.2, 0) is 17.8 Å². The average Bonchev–Trinajstić information content (AvgIpc) is 2.74. The van der Waals surface area contributed by atoms with E-state index < -0.39 is 0 Å². The molecule has 7 heteroatoms. The number of hydrogen-bond acceptors (Lipinski definition) is 5. The Balaban J connectivity index is 1.87. The van der Waals surface area contributed by atoms with Crippen molar-refractivity contribution in [3.05, 3.63) is 58.1 Å². The van der Waals surface area contributed by atoms with E-state index in [0.29, 0.717) is 24.6 Å². The van der Waals surface area contributed by atoms with Gasteiger partial charge in [0.1, 0.15) is 0 Å². The van der Waals surface area contributed by atoms with Gasteiger partial charge < -0.3 is 25.2 Å². The number of nitrogens with one attached hydrogen (secondary N) is 2. The molecule has 1 atom stereocenters. The van der Waals surface area contributed by atoms with Gasteiger partial charge in [0, 0.05) is 23.6 Å². The maximum absolute atomic E-state index is 12.1. The van der Waals surface area contributed by atoms with Crippen LogP contribution >= 0.6 is 15.9 Å². The first-order valence-corrected chi connectivity index (χ1v) is 10.5. The van der Waals surface area contributed by atoms with Gasteiger partial charge in [0.15, 0.2) is 18.1 Å². The molecule has 0 aromatic heterocycles. The van der Waals surface area contributed by atoms with Crippen LogP contribution in [0.1, 0.15) is 24.5 Å². The van der Waals surface area contributed by atoms with Crippen LogP contribution < -0.4 is 20.1 Å². The molecule has 0 aliphatic rings. The van der Waals surface area contributed by atoms with E-state index in [1.54, 1.807) is 13.2 Å². The van der Waals surface area contributed by atoms with Gasteiger partial charge in [-0.3, -0.25) is 4.79 Å². The predicted octanol–water partition coefficient (Wildman–Crippen LogP) is 3.06. The number of methoxy groups -OCH3 is 1. The molecule has 6 nitrogen and oxygen atoms in total. The van der Waals surface area contributed by atoms with E-state index >= 15 is 0 Å². The zero-order chi connectivity index (χ0) is 21.1. The van der Waals surface area contributed by atoms with Crippen LogP contribution in [0.2, 0.25) is 0 Å². The average molecular weight is 465 g/mol. The lowest BCUT2D eigenvalue weighted by Gasteiger charge is -2.17. The lowest BCUT2D eigenvalue weighted by atomic mass is 10.1. The van der Waals surface area contributed by atoms with Gasteiger partial charge in [0.25, 0.3) is 5.91 Å². The smallest absolute Gasteiger partial charge is 0.257 e. The van der Waals surface area contributed by atoms with Gasteiger partial charge in [-0.1, -0.05) is 53.2 Å². The van der Waals surface area contributed by atoms with Crippen LogP contribution in [-0.4, -0.2) is 43.9 Å². The molecule has 1 amide bonds. The fourth-order valence-electron chi connectivity index (χ4n) is 2.76. The van der Waals surface area contributed by atoms with Crippen LogP contribution in [0.3, 0.4) is 0 Å². The maximum Gasteiger partial charge on any atom is 0.257 e. The van der Waals surface area contributed by atoms with Crippen molar-refractivity contribution in [3.8, 4) is 11.5 Å². The maximum atomic E-state index is 12.1. The first-order valence-electron chi connectivity index (χ1n) is 9.71. The van der Waals surface area contributed by atoms with E-state index in [1.807, 2.05) is 43.3 Å². The number of carbonyl (C=O) groups excluding carboxylic acids is 1. The van der Waals surface area contributed by atoms with Crippen molar-refractivity contribution in [2.75, 3.05) is 26.9 Å². The summed E-state index contributed by atoms with van der Waals surface area (Å²) in [7, 11) is 1.57. The summed E-state index contributed by atoms with van der Waals surface area (Å²) in [4.78, 5) is 12.1. The molecule has 0 spiro atoms. The zero-order valence-electron chi connectivity index (χ0n) is 16.9. The first-order chi connectivity index (χ1) is 14.1. The molecule has 0 unspecified atom stereocenters. The third-order valence-electron chi connectivity index (χ3n) is 4.56. The second kappa shape index (κ2) is 12.5. The minimum Gasteiger partial charge on any atom is -0.493 e. The predicted molar refractivity (Wildman–Crippen MR) is 117 cm³/mol. The largest absolute Gasteiger partial charge is 0.493 e. The molecule has 2 rings (SSSR count). The number of aliphatic hydroxyl groups excluding tert-OH is 1. The number of ether oxygens (including phenoxy) is 2. The molecular weight excluding hydrogens is 436 g/mol. The number of halogens is 1. The van der Waals surface area contributed by atoms with Crippen molar-refractivity contribution >= 4 is 21.8 Å². The Hall–Kier alpha value is -2.09. The molecular formula is C22H29BrN2O4. The fourth-order valence-corrected chi connectivity index (χ4v) is 3.23. The lowest BCUT2D eigenvalue weighted by Crippen LogP contribution is -2.31. The topological polar surface area (TPSA) is 79.8 Å². The Morgan fingerprint density at radius 3 is 2.62 bits per heavy atom. The summed E-state index contributed by atoms with van der Waals surface area (Å²) in [6, 6.07) is 13.7. The monoisotopic (exact) mass is 464 g/mol. The number of carbonyl (C=O) groups is 1. The Morgan fingerprint density at radius 2 is 1.97 bits per heavy atom. The highest BCUT2D eigenvalue weighted by atomic mass is 79.9. The normalized spacial score (nSPS) is 11.7. The molecule has 29 heavy (non-hydrogen) atoms. The lowest BCUT2D eigenvalue weighted by molar-refractivity contribution is -0.123. The van der Waals surface area contributed by atoms with E-state index in [0.717, 1.165) is 22.9 Å². The van der Waals surface area contributed by atoms with Crippen molar-refractivity contribution < 1.29 is 19.4 Å². The highest BCUT2D eigenvalue weighted by Crippen LogP contribution is 2.33. The molecule has 0 heterocycles. The summed E-state index contributed by atoms with van der Waals surface area (Å²) in [6.45, 7) is 3.16. The summed E-state index contributed by atoms with van der Waals surface area (Å²) in [6.07, 6.45) is 1.61. The Kier molecular flexibility index (Phi) is 9.97. The SMILES string of the molecule is CC[C@H](CO)NCc1cc(OC)c(OCC(=O)NCCc2ccccc2)cc1Br. The molecule has 0 bridgehead atoms. The molecule has 0 aliphatic carbocycles. The molecule has 0 aliphatic heterocycles. The van der Waals surface area contributed by atoms with E-state index in [1.165, 1.54) is 5.56 Å². The summed E-state index contributed by atoms with van der Waals surface area (Å²) >= 11 is 3.54. The molecule has 2 aromatic rings. The highest BCUT2D eigenvalue weighted by molar-refractivity contribution is 9.10. The van der Waals surface area contributed by atoms with Crippen LogP contribution in [0.4, 0.5) is 0 Å². The van der Waals surface area contributed by atoms with E-state index in [-0.39, 0.29) is 25.2 Å². The third kappa shape index (κ3) is 7.68. The van der Waals surface area contributed by atoms with E-state index in [4.69, 9.17) is 9.47 Å². The van der Waals surface area contributed by atoms with E-state index in [2.05, 4.69) is 26.6 Å². The first kappa shape index (κ1) is 23.2. The van der Waals surface area contributed by atoms with Gasteiger partial charge >= 0.3 is 0 Å². The molecule has 3 N–H and O–H groups in total. The summed E-state index contributed by atoms with van der Waals surface area (Å²) in [5.74, 6) is 0.869. The summed E-state index contributed by atoms with van der Waals surface area (Å²) in [5.41, 5.74) is 2.16. The number of aliphatic hydroxyl groups is 1. The number of amides is 1. The molecule has 0 fully saturated rings. The van der Waals surface area contributed by atoms with Crippen LogP contribution in [0.25, 0.3) is 0 Å². The van der Waals surface area contributed by atoms with Gasteiger partial charge in [0.05, 0.1) is 13.7 Å². The van der Waals surface area contributed by atoms with Crippen molar-refractivity contribution in [1.29, 1.82) is 0 Å². The van der Waals surface area contributed by atoms with E-state index in [9.17, 15) is 9.90 Å². The van der Waals surface area contributed by atoms with Crippen molar-refractivity contribution in [1.82, 2.24) is 10.6 Å². The minimum atomic E-state index is -0.182. The Morgan fingerprint density at radius 1 is 1.21 bits per heavy atom. The van der Waals surface area contributed by atoms with Crippen LogP contribution in [0, 0.1) is 0 Å². The number of benzene rings is 2. The standard InChI is InChI=1S/C22H29BrN2O4/c1-3-18(14-26)25-13-17-11-20(28-2)21(12-19(17)23)29-15-22(27)24-10-9-16-7-5-4-6-8-16/h4-8,11-12,18,25-26H,3,9-10,13-15H2,1-2H3,(H,24,27)/t18-/m1/s1. The zero-order valence-corrected chi connectivity index (χ0v) is 18.5. The van der Waals surface area contributed by atoms with Crippen molar-refractivity contribution in [2.24, 2.45) is 0 Å². The molecule has 0 saturated carbocycles. The summed E-state index contributed by atoms with van der Waals surface area (Å²) < 4.78 is 11.9. The third-order valence-corrected chi connectivity index (χ3v) is 5.30. The van der Waals surface area contributed by atoms with Gasteiger partial charge in [-0.15, -0.1) is 0 Å². The van der Waals surface area contributed by atoms with Gasteiger partial charge in [-0.25, -0.2) is 0 Å². The van der Waals surface area contributed by atoms with Gasteiger partial charge in [-0.2, -0.15) is 0 Å². The van der Waals surface area contributed by atoms with Gasteiger partial charge in [0.2, 0.25) is 0 Å². The second-order valence-electron chi connectivity index (χ2n) is 6.64. The summed E-state index contributed by atoms with van der Waals surface area (Å²) in [5, 5.41) is 15.5. The quantitative estimate of drug-likeness (QED) is 0.449. The molecule has 0 saturated heterocycles. The molecule has 2 aromatic carbocycles. The highest BCUT2D eigenvalue weighted by Gasteiger charge is 2.13.